The van der Waals surface area contributed by atoms with Gasteiger partial charge in [-0.15, -0.1) is 0 Å². The molecule has 2 heteroatoms. The molecule has 1 unspecified atom stereocenters. The standard InChI is InChI=1S/C10H11NO/c1-8-3-5-9(6-4-8)10(7-11)12-2/h3-6,10H,1-2H3. The number of aryl methyl sites for hydroxylation is 1. The first kappa shape index (κ1) is 8.76. The molecule has 0 saturated heterocycles. The molecule has 0 aliphatic rings. The van der Waals surface area contributed by atoms with E-state index in [2.05, 4.69) is 6.07 Å². The molecule has 0 N–H and O–H groups in total. The zero-order valence-corrected chi connectivity index (χ0v) is 7.24. The van der Waals surface area contributed by atoms with Crippen molar-refractivity contribution in [2.75, 3.05) is 7.11 Å². The van der Waals surface area contributed by atoms with Crippen LogP contribution in [0.1, 0.15) is 17.2 Å². The molecule has 62 valence electrons. The Bertz CT molecular complexity index is 284. The molecule has 1 atom stereocenters. The highest BCUT2D eigenvalue weighted by atomic mass is 16.5. The Labute approximate surface area is 72.4 Å². The lowest BCUT2D eigenvalue weighted by atomic mass is 10.1. The average molecular weight is 161 g/mol. The number of nitriles is 1. The Morgan fingerprint density at radius 1 is 1.33 bits per heavy atom. The first-order valence-corrected chi connectivity index (χ1v) is 3.77. The Kier molecular flexibility index (Phi) is 2.84. The monoisotopic (exact) mass is 161 g/mol. The minimum atomic E-state index is -0.439. The van der Waals surface area contributed by atoms with E-state index in [0.717, 1.165) is 5.56 Å². The fourth-order valence-corrected chi connectivity index (χ4v) is 1.00. The maximum atomic E-state index is 8.67. The molecule has 0 aromatic heterocycles. The van der Waals surface area contributed by atoms with Gasteiger partial charge in [-0.25, -0.2) is 0 Å². The SMILES string of the molecule is COC(C#N)c1ccc(C)cc1. The summed E-state index contributed by atoms with van der Waals surface area (Å²) in [6.45, 7) is 2.01. The fraction of sp³-hybridized carbons (Fsp3) is 0.300. The van der Waals surface area contributed by atoms with Crippen LogP contribution in [0.2, 0.25) is 0 Å². The van der Waals surface area contributed by atoms with Gasteiger partial charge in [-0.2, -0.15) is 5.26 Å². The molecule has 0 heterocycles. The summed E-state index contributed by atoms with van der Waals surface area (Å²) >= 11 is 0. The molecule has 0 amide bonds. The second-order valence-corrected chi connectivity index (χ2v) is 2.66. The minimum Gasteiger partial charge on any atom is -0.362 e. The van der Waals surface area contributed by atoms with Crippen LogP contribution in [0.5, 0.6) is 0 Å². The van der Waals surface area contributed by atoms with Crippen LogP contribution < -0.4 is 0 Å². The van der Waals surface area contributed by atoms with Gasteiger partial charge in [-0.05, 0) is 12.5 Å². The molecule has 1 rings (SSSR count). The summed E-state index contributed by atoms with van der Waals surface area (Å²) in [7, 11) is 1.54. The Hall–Kier alpha value is -1.33. The van der Waals surface area contributed by atoms with Crippen LogP contribution >= 0.6 is 0 Å². The number of hydrogen-bond acceptors (Lipinski definition) is 2. The van der Waals surface area contributed by atoms with E-state index in [1.165, 1.54) is 12.7 Å². The lowest BCUT2D eigenvalue weighted by Gasteiger charge is -2.06. The Balaban J connectivity index is 2.89. The predicted molar refractivity (Wildman–Crippen MR) is 46.5 cm³/mol. The third-order valence-electron chi connectivity index (χ3n) is 1.73. The van der Waals surface area contributed by atoms with Gasteiger partial charge in [0.05, 0.1) is 6.07 Å². The molecule has 0 fully saturated rings. The van der Waals surface area contributed by atoms with E-state index in [1.54, 1.807) is 0 Å². The molecule has 0 aliphatic heterocycles. The number of ether oxygens (including phenoxy) is 1. The van der Waals surface area contributed by atoms with Crippen molar-refractivity contribution in [2.45, 2.75) is 13.0 Å². The van der Waals surface area contributed by atoms with E-state index in [1.807, 2.05) is 31.2 Å². The number of nitrogens with zero attached hydrogens (tertiary/aromatic N) is 1. The maximum absolute atomic E-state index is 8.67. The molecule has 0 bridgehead atoms. The van der Waals surface area contributed by atoms with Gasteiger partial charge >= 0.3 is 0 Å². The van der Waals surface area contributed by atoms with Gasteiger partial charge in [-0.1, -0.05) is 29.8 Å². The molecule has 1 aromatic carbocycles. The lowest BCUT2D eigenvalue weighted by molar-refractivity contribution is 0.148. The van der Waals surface area contributed by atoms with Crippen molar-refractivity contribution in [1.29, 1.82) is 5.26 Å². The van der Waals surface area contributed by atoms with E-state index in [-0.39, 0.29) is 0 Å². The highest BCUT2D eigenvalue weighted by molar-refractivity contribution is 5.26. The van der Waals surface area contributed by atoms with Crippen molar-refractivity contribution in [3.05, 3.63) is 35.4 Å². The average Bonchev–Trinajstić information content (AvgIpc) is 2.10. The van der Waals surface area contributed by atoms with Gasteiger partial charge in [-0.3, -0.25) is 0 Å². The quantitative estimate of drug-likeness (QED) is 0.666. The summed E-state index contributed by atoms with van der Waals surface area (Å²) in [5.41, 5.74) is 2.09. The van der Waals surface area contributed by atoms with E-state index < -0.39 is 6.10 Å². The second-order valence-electron chi connectivity index (χ2n) is 2.66. The first-order chi connectivity index (χ1) is 5.77. The van der Waals surface area contributed by atoms with Crippen LogP contribution in [0.25, 0.3) is 0 Å². The molecule has 12 heavy (non-hydrogen) atoms. The van der Waals surface area contributed by atoms with Crippen molar-refractivity contribution < 1.29 is 4.74 Å². The van der Waals surface area contributed by atoms with Crippen molar-refractivity contribution >= 4 is 0 Å². The Morgan fingerprint density at radius 2 is 1.92 bits per heavy atom. The van der Waals surface area contributed by atoms with E-state index in [9.17, 15) is 0 Å². The van der Waals surface area contributed by atoms with Crippen LogP contribution in [0.3, 0.4) is 0 Å². The summed E-state index contributed by atoms with van der Waals surface area (Å²) in [5, 5.41) is 8.67. The van der Waals surface area contributed by atoms with E-state index in [0.29, 0.717) is 0 Å². The van der Waals surface area contributed by atoms with Gasteiger partial charge in [0.15, 0.2) is 6.10 Å². The zero-order chi connectivity index (χ0) is 8.97. The normalized spacial score (nSPS) is 12.1. The van der Waals surface area contributed by atoms with E-state index >= 15 is 0 Å². The number of rotatable bonds is 2. The van der Waals surface area contributed by atoms with Gasteiger partial charge in [0, 0.05) is 7.11 Å². The number of benzene rings is 1. The molecular formula is C10H11NO. The van der Waals surface area contributed by atoms with Gasteiger partial charge in [0.25, 0.3) is 0 Å². The second kappa shape index (κ2) is 3.89. The number of methoxy groups -OCH3 is 1. The smallest absolute Gasteiger partial charge is 0.168 e. The highest BCUT2D eigenvalue weighted by Gasteiger charge is 2.06. The molecule has 1 aromatic rings. The molecule has 0 aliphatic carbocycles. The Morgan fingerprint density at radius 3 is 2.33 bits per heavy atom. The molecule has 0 spiro atoms. The predicted octanol–water partition coefficient (Wildman–Crippen LogP) is 2.21. The molecule has 2 nitrogen and oxygen atoms in total. The third kappa shape index (κ3) is 1.84. The third-order valence-corrected chi connectivity index (χ3v) is 1.73. The van der Waals surface area contributed by atoms with Crippen LogP contribution in [0.15, 0.2) is 24.3 Å². The van der Waals surface area contributed by atoms with Gasteiger partial charge in [0.2, 0.25) is 0 Å². The summed E-state index contributed by atoms with van der Waals surface area (Å²) in [6, 6.07) is 9.83. The van der Waals surface area contributed by atoms with Gasteiger partial charge in [0.1, 0.15) is 0 Å². The zero-order valence-electron chi connectivity index (χ0n) is 7.24. The summed E-state index contributed by atoms with van der Waals surface area (Å²) in [4.78, 5) is 0. The van der Waals surface area contributed by atoms with Crippen molar-refractivity contribution in [3.8, 4) is 6.07 Å². The van der Waals surface area contributed by atoms with E-state index in [4.69, 9.17) is 10.00 Å². The van der Waals surface area contributed by atoms with Crippen molar-refractivity contribution in [1.82, 2.24) is 0 Å². The lowest BCUT2D eigenvalue weighted by Crippen LogP contribution is -1.97. The van der Waals surface area contributed by atoms with Crippen LogP contribution in [-0.2, 0) is 4.74 Å². The molecular weight excluding hydrogens is 150 g/mol. The highest BCUT2D eigenvalue weighted by Crippen LogP contribution is 2.15. The maximum Gasteiger partial charge on any atom is 0.168 e. The van der Waals surface area contributed by atoms with Gasteiger partial charge < -0.3 is 4.74 Å². The molecule has 0 saturated carbocycles. The summed E-state index contributed by atoms with van der Waals surface area (Å²) in [5.74, 6) is 0. The van der Waals surface area contributed by atoms with Crippen LogP contribution in [-0.4, -0.2) is 7.11 Å². The van der Waals surface area contributed by atoms with Crippen molar-refractivity contribution in [2.24, 2.45) is 0 Å². The summed E-state index contributed by atoms with van der Waals surface area (Å²) < 4.78 is 4.96. The summed E-state index contributed by atoms with van der Waals surface area (Å²) in [6.07, 6.45) is -0.439. The largest absolute Gasteiger partial charge is 0.362 e. The fourth-order valence-electron chi connectivity index (χ4n) is 1.00. The van der Waals surface area contributed by atoms with Crippen LogP contribution in [0, 0.1) is 18.3 Å². The minimum absolute atomic E-state index is 0.439. The number of hydrogen-bond donors (Lipinski definition) is 0. The first-order valence-electron chi connectivity index (χ1n) is 3.77. The van der Waals surface area contributed by atoms with Crippen molar-refractivity contribution in [3.63, 3.8) is 0 Å². The van der Waals surface area contributed by atoms with Crippen LogP contribution in [0.4, 0.5) is 0 Å². The topological polar surface area (TPSA) is 33.0 Å². The molecule has 0 radical (unpaired) electrons.